The van der Waals surface area contributed by atoms with Gasteiger partial charge in [0.1, 0.15) is 0 Å². The van der Waals surface area contributed by atoms with Crippen molar-refractivity contribution in [1.29, 1.82) is 0 Å². The zero-order valence-corrected chi connectivity index (χ0v) is 13.2. The second kappa shape index (κ2) is 5.95. The molecule has 0 aliphatic carbocycles. The molecule has 18 heavy (non-hydrogen) atoms. The third-order valence-corrected chi connectivity index (χ3v) is 4.27. The van der Waals surface area contributed by atoms with Gasteiger partial charge in [0.2, 0.25) is 0 Å². The maximum atomic E-state index is 4.52. The van der Waals surface area contributed by atoms with Gasteiger partial charge in [-0.1, -0.05) is 28.1 Å². The fourth-order valence-electron chi connectivity index (χ4n) is 1.89. The van der Waals surface area contributed by atoms with E-state index in [1.165, 1.54) is 5.56 Å². The van der Waals surface area contributed by atoms with Crippen LogP contribution in [-0.4, -0.2) is 4.98 Å². The highest BCUT2D eigenvalue weighted by Crippen LogP contribution is 2.21. The van der Waals surface area contributed by atoms with Crippen LogP contribution in [-0.2, 0) is 0 Å². The van der Waals surface area contributed by atoms with Crippen LogP contribution in [0, 0.1) is 6.92 Å². The first-order valence-electron chi connectivity index (χ1n) is 6.00. The Kier molecular flexibility index (Phi) is 4.54. The van der Waals surface area contributed by atoms with Gasteiger partial charge in [-0.15, -0.1) is 11.3 Å². The molecular weight excluding hydrogens is 308 g/mol. The van der Waals surface area contributed by atoms with E-state index < -0.39 is 0 Å². The molecular formula is C14H17BrN2S. The van der Waals surface area contributed by atoms with Crippen molar-refractivity contribution < 1.29 is 0 Å². The number of aryl methyl sites for hydroxylation is 1. The van der Waals surface area contributed by atoms with Gasteiger partial charge in [0.15, 0.2) is 0 Å². The molecule has 4 heteroatoms. The lowest BCUT2D eigenvalue weighted by atomic mass is 10.1. The molecule has 2 aromatic rings. The Morgan fingerprint density at radius 2 is 1.83 bits per heavy atom. The van der Waals surface area contributed by atoms with Crippen molar-refractivity contribution >= 4 is 27.3 Å². The molecule has 0 aliphatic heterocycles. The van der Waals surface area contributed by atoms with E-state index in [1.54, 1.807) is 11.3 Å². The monoisotopic (exact) mass is 324 g/mol. The van der Waals surface area contributed by atoms with Crippen molar-refractivity contribution in [2.24, 2.45) is 0 Å². The molecule has 96 valence electrons. The lowest BCUT2D eigenvalue weighted by Gasteiger charge is -2.19. The van der Waals surface area contributed by atoms with E-state index in [0.29, 0.717) is 6.04 Å². The zero-order chi connectivity index (χ0) is 13.1. The Morgan fingerprint density at radius 3 is 2.39 bits per heavy atom. The van der Waals surface area contributed by atoms with Crippen LogP contribution in [0.15, 0.2) is 34.1 Å². The average Bonchev–Trinajstić information content (AvgIpc) is 2.76. The van der Waals surface area contributed by atoms with Crippen LogP contribution in [0.5, 0.6) is 0 Å². The number of nitrogens with zero attached hydrogens (tertiary/aromatic N) is 1. The predicted octanol–water partition coefficient (Wildman–Crippen LogP) is 4.63. The molecule has 0 spiro atoms. The van der Waals surface area contributed by atoms with E-state index >= 15 is 0 Å². The van der Waals surface area contributed by atoms with Crippen LogP contribution in [0.4, 0.5) is 0 Å². The van der Waals surface area contributed by atoms with E-state index in [-0.39, 0.29) is 6.04 Å². The first-order valence-corrected chi connectivity index (χ1v) is 7.67. The van der Waals surface area contributed by atoms with Gasteiger partial charge in [0, 0.05) is 21.9 Å². The summed E-state index contributed by atoms with van der Waals surface area (Å²) in [4.78, 5) is 4.52. The second-order valence-electron chi connectivity index (χ2n) is 4.45. The first-order chi connectivity index (χ1) is 8.56. The van der Waals surface area contributed by atoms with E-state index in [1.807, 2.05) is 6.92 Å². The van der Waals surface area contributed by atoms with Gasteiger partial charge in [-0.05, 0) is 38.5 Å². The highest BCUT2D eigenvalue weighted by Gasteiger charge is 2.13. The summed E-state index contributed by atoms with van der Waals surface area (Å²) in [5, 5.41) is 6.82. The zero-order valence-electron chi connectivity index (χ0n) is 10.8. The average molecular weight is 325 g/mol. The Labute approximate surface area is 121 Å². The predicted molar refractivity (Wildman–Crippen MR) is 81.0 cm³/mol. The maximum Gasteiger partial charge on any atom is 0.0898 e. The van der Waals surface area contributed by atoms with E-state index in [0.717, 1.165) is 15.2 Å². The van der Waals surface area contributed by atoms with Crippen LogP contribution in [0.1, 0.15) is 42.2 Å². The highest BCUT2D eigenvalue weighted by atomic mass is 79.9. The topological polar surface area (TPSA) is 24.9 Å². The molecule has 1 N–H and O–H groups in total. The summed E-state index contributed by atoms with van der Waals surface area (Å²) in [6.07, 6.45) is 0. The van der Waals surface area contributed by atoms with E-state index in [4.69, 9.17) is 0 Å². The van der Waals surface area contributed by atoms with Gasteiger partial charge in [0.05, 0.1) is 10.7 Å². The van der Waals surface area contributed by atoms with Gasteiger partial charge >= 0.3 is 0 Å². The standard InChI is InChI=1S/C14H17BrN2S/c1-9(12-4-6-13(15)7-5-12)16-10(2)14-8-18-11(3)17-14/h4-10,16H,1-3H3/t9-,10?/m0/s1. The summed E-state index contributed by atoms with van der Waals surface area (Å²) in [6.45, 7) is 6.38. The third-order valence-electron chi connectivity index (χ3n) is 2.95. The molecule has 0 aliphatic rings. The summed E-state index contributed by atoms with van der Waals surface area (Å²) in [7, 11) is 0. The number of hydrogen-bond acceptors (Lipinski definition) is 3. The molecule has 1 aromatic heterocycles. The van der Waals surface area contributed by atoms with Crippen molar-refractivity contribution in [3.63, 3.8) is 0 Å². The minimum absolute atomic E-state index is 0.272. The van der Waals surface area contributed by atoms with Crippen LogP contribution < -0.4 is 5.32 Å². The van der Waals surface area contributed by atoms with Gasteiger partial charge in [0.25, 0.3) is 0 Å². The lowest BCUT2D eigenvalue weighted by molar-refractivity contribution is 0.487. The summed E-state index contributed by atoms with van der Waals surface area (Å²) >= 11 is 5.16. The molecule has 2 rings (SSSR count). The van der Waals surface area contributed by atoms with Crippen LogP contribution in [0.2, 0.25) is 0 Å². The van der Waals surface area contributed by atoms with E-state index in [9.17, 15) is 0 Å². The summed E-state index contributed by atoms with van der Waals surface area (Å²) < 4.78 is 1.11. The molecule has 2 nitrogen and oxygen atoms in total. The highest BCUT2D eigenvalue weighted by molar-refractivity contribution is 9.10. The minimum atomic E-state index is 0.272. The van der Waals surface area contributed by atoms with Crippen LogP contribution in [0.3, 0.4) is 0 Å². The number of hydrogen-bond donors (Lipinski definition) is 1. The number of aromatic nitrogens is 1. The normalized spacial score (nSPS) is 14.4. The number of thiazole rings is 1. The fourth-order valence-corrected chi connectivity index (χ4v) is 2.86. The Morgan fingerprint density at radius 1 is 1.17 bits per heavy atom. The van der Waals surface area contributed by atoms with Gasteiger partial charge < -0.3 is 5.32 Å². The van der Waals surface area contributed by atoms with Crippen molar-refractivity contribution in [3.05, 3.63) is 50.4 Å². The minimum Gasteiger partial charge on any atom is -0.302 e. The molecule has 0 saturated carbocycles. The van der Waals surface area contributed by atoms with Gasteiger partial charge in [-0.2, -0.15) is 0 Å². The molecule has 1 unspecified atom stereocenters. The molecule has 0 saturated heterocycles. The molecule has 0 fully saturated rings. The number of halogens is 1. The van der Waals surface area contributed by atoms with E-state index in [2.05, 4.69) is 69.7 Å². The Balaban J connectivity index is 2.02. The molecule has 0 amide bonds. The van der Waals surface area contributed by atoms with Crippen LogP contribution in [0.25, 0.3) is 0 Å². The van der Waals surface area contributed by atoms with Gasteiger partial charge in [-0.3, -0.25) is 0 Å². The maximum absolute atomic E-state index is 4.52. The van der Waals surface area contributed by atoms with Gasteiger partial charge in [-0.25, -0.2) is 4.98 Å². The van der Waals surface area contributed by atoms with Crippen molar-refractivity contribution in [2.75, 3.05) is 0 Å². The van der Waals surface area contributed by atoms with Crippen LogP contribution >= 0.6 is 27.3 Å². The number of nitrogens with one attached hydrogen (secondary N) is 1. The molecule has 2 atom stereocenters. The summed E-state index contributed by atoms with van der Waals surface area (Å²) in [5.74, 6) is 0. The largest absolute Gasteiger partial charge is 0.302 e. The third kappa shape index (κ3) is 3.40. The number of benzene rings is 1. The Hall–Kier alpha value is -0.710. The number of rotatable bonds is 4. The SMILES string of the molecule is Cc1nc(C(C)N[C@@H](C)c2ccc(Br)cc2)cs1. The van der Waals surface area contributed by atoms with Crippen molar-refractivity contribution in [1.82, 2.24) is 10.3 Å². The fraction of sp³-hybridized carbons (Fsp3) is 0.357. The quantitative estimate of drug-likeness (QED) is 0.887. The smallest absolute Gasteiger partial charge is 0.0898 e. The Bertz CT molecular complexity index is 507. The molecule has 1 heterocycles. The summed E-state index contributed by atoms with van der Waals surface area (Å²) in [6, 6.07) is 9.02. The second-order valence-corrected chi connectivity index (χ2v) is 6.43. The lowest BCUT2D eigenvalue weighted by Crippen LogP contribution is -2.22. The molecule has 1 aromatic carbocycles. The first kappa shape index (κ1) is 13.7. The van der Waals surface area contributed by atoms with Crippen molar-refractivity contribution in [2.45, 2.75) is 32.9 Å². The molecule has 0 bridgehead atoms. The summed E-state index contributed by atoms with van der Waals surface area (Å²) in [5.41, 5.74) is 2.42. The molecule has 0 radical (unpaired) electrons. The van der Waals surface area contributed by atoms with Crippen molar-refractivity contribution in [3.8, 4) is 0 Å².